The minimum absolute atomic E-state index is 0.181. The highest BCUT2D eigenvalue weighted by atomic mass is 32.2. The van der Waals surface area contributed by atoms with E-state index in [2.05, 4.69) is 6.07 Å². The number of thioether (sulfide) groups is 1. The van der Waals surface area contributed by atoms with Crippen LogP contribution in [0.1, 0.15) is 12.0 Å². The first-order valence-corrected chi connectivity index (χ1v) is 6.95. The predicted molar refractivity (Wildman–Crippen MR) is 76.3 cm³/mol. The molecule has 0 aliphatic rings. The van der Waals surface area contributed by atoms with Gasteiger partial charge in [0.25, 0.3) is 0 Å². The van der Waals surface area contributed by atoms with Gasteiger partial charge in [0, 0.05) is 10.6 Å². The normalized spacial score (nSPS) is 10.5. The summed E-state index contributed by atoms with van der Waals surface area (Å²) in [6.45, 7) is 0. The van der Waals surface area contributed by atoms with Gasteiger partial charge in [-0.1, -0.05) is 12.1 Å². The second-order valence-electron chi connectivity index (χ2n) is 4.15. The number of hydrogen-bond acceptors (Lipinski definition) is 2. The molecule has 2 rings (SSSR count). The van der Waals surface area contributed by atoms with Crippen LogP contribution in [0.15, 0.2) is 53.4 Å². The summed E-state index contributed by atoms with van der Waals surface area (Å²) >= 11 is 1.75. The average molecular weight is 261 g/mol. The number of anilines is 1. The van der Waals surface area contributed by atoms with Crippen LogP contribution in [0.4, 0.5) is 10.1 Å². The number of hydrogen-bond donors (Lipinski definition) is 1. The number of rotatable bonds is 5. The second kappa shape index (κ2) is 6.45. The van der Waals surface area contributed by atoms with Gasteiger partial charge in [0.05, 0.1) is 0 Å². The van der Waals surface area contributed by atoms with Crippen LogP contribution in [0.5, 0.6) is 0 Å². The fourth-order valence-electron chi connectivity index (χ4n) is 1.75. The molecule has 0 fully saturated rings. The molecule has 0 heterocycles. The van der Waals surface area contributed by atoms with Crippen molar-refractivity contribution in [1.29, 1.82) is 0 Å². The smallest absolute Gasteiger partial charge is 0.123 e. The first-order chi connectivity index (χ1) is 8.74. The van der Waals surface area contributed by atoms with Crippen LogP contribution >= 0.6 is 11.8 Å². The molecule has 2 aromatic carbocycles. The molecular weight excluding hydrogens is 245 g/mol. The molecular formula is C15H16FNS. The number of halogens is 1. The van der Waals surface area contributed by atoms with Crippen LogP contribution in [-0.4, -0.2) is 5.75 Å². The van der Waals surface area contributed by atoms with E-state index in [0.717, 1.165) is 29.2 Å². The van der Waals surface area contributed by atoms with Crippen LogP contribution in [-0.2, 0) is 6.42 Å². The molecule has 0 aliphatic heterocycles. The Hall–Kier alpha value is -1.48. The summed E-state index contributed by atoms with van der Waals surface area (Å²) in [6.07, 6.45) is 2.12. The largest absolute Gasteiger partial charge is 0.399 e. The van der Waals surface area contributed by atoms with E-state index in [4.69, 9.17) is 5.73 Å². The third-order valence-corrected chi connectivity index (χ3v) is 3.74. The van der Waals surface area contributed by atoms with E-state index in [1.165, 1.54) is 17.7 Å². The Morgan fingerprint density at radius 3 is 2.56 bits per heavy atom. The molecule has 0 aromatic heterocycles. The first-order valence-electron chi connectivity index (χ1n) is 5.97. The third-order valence-electron chi connectivity index (χ3n) is 2.64. The van der Waals surface area contributed by atoms with E-state index < -0.39 is 0 Å². The molecule has 3 heteroatoms. The molecule has 94 valence electrons. The minimum Gasteiger partial charge on any atom is -0.399 e. The summed E-state index contributed by atoms with van der Waals surface area (Å²) in [6, 6.07) is 14.6. The van der Waals surface area contributed by atoms with Gasteiger partial charge in [-0.2, -0.15) is 0 Å². The van der Waals surface area contributed by atoms with Gasteiger partial charge < -0.3 is 5.73 Å². The zero-order chi connectivity index (χ0) is 12.8. The summed E-state index contributed by atoms with van der Waals surface area (Å²) in [4.78, 5) is 1.11. The number of nitrogen functional groups attached to an aromatic ring is 1. The predicted octanol–water partition coefficient (Wildman–Crippen LogP) is 4.13. The van der Waals surface area contributed by atoms with Crippen molar-refractivity contribution in [3.63, 3.8) is 0 Å². The van der Waals surface area contributed by atoms with Crippen LogP contribution in [0.2, 0.25) is 0 Å². The average Bonchev–Trinajstić information content (AvgIpc) is 2.37. The maximum atomic E-state index is 12.7. The minimum atomic E-state index is -0.181. The molecule has 0 bridgehead atoms. The van der Waals surface area contributed by atoms with Gasteiger partial charge >= 0.3 is 0 Å². The molecule has 0 unspecified atom stereocenters. The standard InChI is InChI=1S/C15H16FNS/c16-13-6-8-15(9-7-13)18-10-2-4-12-3-1-5-14(17)11-12/h1,3,5-9,11H,2,4,10,17H2. The molecule has 0 saturated carbocycles. The zero-order valence-electron chi connectivity index (χ0n) is 10.1. The lowest BCUT2D eigenvalue weighted by Gasteiger charge is -2.03. The molecule has 2 N–H and O–H groups in total. The highest BCUT2D eigenvalue weighted by molar-refractivity contribution is 7.99. The molecule has 18 heavy (non-hydrogen) atoms. The molecule has 0 saturated heterocycles. The maximum absolute atomic E-state index is 12.7. The Kier molecular flexibility index (Phi) is 4.65. The number of benzene rings is 2. The monoisotopic (exact) mass is 261 g/mol. The molecule has 0 radical (unpaired) electrons. The molecule has 0 atom stereocenters. The SMILES string of the molecule is Nc1cccc(CCCSc2ccc(F)cc2)c1. The topological polar surface area (TPSA) is 26.0 Å². The van der Waals surface area contributed by atoms with Gasteiger partial charge in [-0.15, -0.1) is 11.8 Å². The van der Waals surface area contributed by atoms with Crippen molar-refractivity contribution in [2.24, 2.45) is 0 Å². The van der Waals surface area contributed by atoms with Crippen molar-refractivity contribution < 1.29 is 4.39 Å². The number of aryl methyl sites for hydroxylation is 1. The quantitative estimate of drug-likeness (QED) is 0.497. The summed E-state index contributed by atoms with van der Waals surface area (Å²) in [5.41, 5.74) is 7.82. The number of nitrogens with two attached hydrogens (primary N) is 1. The van der Waals surface area contributed by atoms with Crippen LogP contribution in [0.3, 0.4) is 0 Å². The fraction of sp³-hybridized carbons (Fsp3) is 0.200. The van der Waals surface area contributed by atoms with Crippen LogP contribution in [0, 0.1) is 5.82 Å². The lowest BCUT2D eigenvalue weighted by Crippen LogP contribution is -1.90. The van der Waals surface area contributed by atoms with Crippen molar-refractivity contribution in [1.82, 2.24) is 0 Å². The van der Waals surface area contributed by atoms with Gasteiger partial charge in [0.15, 0.2) is 0 Å². The van der Waals surface area contributed by atoms with Crippen molar-refractivity contribution >= 4 is 17.4 Å². The Labute approximate surface area is 111 Å². The third kappa shape index (κ3) is 4.08. The molecule has 2 aromatic rings. The lowest BCUT2D eigenvalue weighted by molar-refractivity contribution is 0.626. The second-order valence-corrected chi connectivity index (χ2v) is 5.32. The summed E-state index contributed by atoms with van der Waals surface area (Å²) in [5.74, 6) is 0.847. The van der Waals surface area contributed by atoms with Crippen LogP contribution < -0.4 is 5.73 Å². The Bertz CT molecular complexity index is 496. The maximum Gasteiger partial charge on any atom is 0.123 e. The van der Waals surface area contributed by atoms with Crippen molar-refractivity contribution in [3.05, 3.63) is 59.9 Å². The highest BCUT2D eigenvalue weighted by Crippen LogP contribution is 2.20. The van der Waals surface area contributed by atoms with Crippen molar-refractivity contribution in [2.75, 3.05) is 11.5 Å². The Balaban J connectivity index is 1.74. The van der Waals surface area contributed by atoms with Gasteiger partial charge in [-0.3, -0.25) is 0 Å². The van der Waals surface area contributed by atoms with Gasteiger partial charge in [-0.25, -0.2) is 4.39 Å². The molecule has 0 amide bonds. The summed E-state index contributed by atoms with van der Waals surface area (Å²) in [7, 11) is 0. The van der Waals surface area contributed by atoms with Gasteiger partial charge in [0.2, 0.25) is 0 Å². The molecule has 1 nitrogen and oxygen atoms in total. The molecule has 0 spiro atoms. The Morgan fingerprint density at radius 2 is 1.83 bits per heavy atom. The highest BCUT2D eigenvalue weighted by Gasteiger charge is 1.97. The van der Waals surface area contributed by atoms with Gasteiger partial charge in [0.1, 0.15) is 5.82 Å². The Morgan fingerprint density at radius 1 is 1.06 bits per heavy atom. The zero-order valence-corrected chi connectivity index (χ0v) is 10.9. The van der Waals surface area contributed by atoms with Crippen molar-refractivity contribution in [2.45, 2.75) is 17.7 Å². The van der Waals surface area contributed by atoms with Gasteiger partial charge in [-0.05, 0) is 60.6 Å². The van der Waals surface area contributed by atoms with E-state index >= 15 is 0 Å². The lowest BCUT2D eigenvalue weighted by atomic mass is 10.1. The fourth-order valence-corrected chi connectivity index (χ4v) is 2.60. The van der Waals surface area contributed by atoms with E-state index in [1.54, 1.807) is 11.8 Å². The summed E-state index contributed by atoms with van der Waals surface area (Å²) in [5, 5.41) is 0. The van der Waals surface area contributed by atoms with E-state index in [1.807, 2.05) is 30.3 Å². The van der Waals surface area contributed by atoms with E-state index in [0.29, 0.717) is 0 Å². The van der Waals surface area contributed by atoms with E-state index in [-0.39, 0.29) is 5.82 Å². The van der Waals surface area contributed by atoms with Crippen molar-refractivity contribution in [3.8, 4) is 0 Å². The molecule has 0 aliphatic carbocycles. The first kappa shape index (κ1) is 13.0. The van der Waals surface area contributed by atoms with Crippen LogP contribution in [0.25, 0.3) is 0 Å². The summed E-state index contributed by atoms with van der Waals surface area (Å²) < 4.78 is 12.7. The van der Waals surface area contributed by atoms with E-state index in [9.17, 15) is 4.39 Å².